The summed E-state index contributed by atoms with van der Waals surface area (Å²) in [4.78, 5) is 0. The predicted octanol–water partition coefficient (Wildman–Crippen LogP) is 3.14. The number of halogens is 1. The Kier molecular flexibility index (Phi) is 7.56. The molecule has 0 bridgehead atoms. The molecule has 2 N–H and O–H groups in total. The van der Waals surface area contributed by atoms with Gasteiger partial charge in [0, 0.05) is 4.47 Å². The summed E-state index contributed by atoms with van der Waals surface area (Å²) in [6.07, 6.45) is 2.32. The Morgan fingerprint density at radius 1 is 1.28 bits per heavy atom. The third-order valence-electron chi connectivity index (χ3n) is 3.39. The molecule has 102 valence electrons. The molecule has 0 fully saturated rings. The molecule has 0 aliphatic carbocycles. The van der Waals surface area contributed by atoms with Crippen molar-refractivity contribution in [1.82, 2.24) is 10.6 Å². The van der Waals surface area contributed by atoms with E-state index in [0.29, 0.717) is 0 Å². The van der Waals surface area contributed by atoms with Crippen LogP contribution in [0.3, 0.4) is 0 Å². The van der Waals surface area contributed by atoms with Gasteiger partial charge >= 0.3 is 0 Å². The van der Waals surface area contributed by atoms with Crippen LogP contribution in [0.5, 0.6) is 0 Å². The van der Waals surface area contributed by atoms with Crippen LogP contribution in [-0.4, -0.2) is 26.7 Å². The largest absolute Gasteiger partial charge is 0.319 e. The first kappa shape index (κ1) is 15.7. The fourth-order valence-corrected chi connectivity index (χ4v) is 2.50. The maximum absolute atomic E-state index is 3.56. The number of nitrogens with one attached hydrogen (secondary N) is 2. The van der Waals surface area contributed by atoms with Crippen molar-refractivity contribution in [3.05, 3.63) is 33.8 Å². The lowest BCUT2D eigenvalue weighted by molar-refractivity contribution is 0.447. The van der Waals surface area contributed by atoms with Crippen LogP contribution >= 0.6 is 15.9 Å². The highest BCUT2D eigenvalue weighted by Gasteiger charge is 2.04. The molecule has 0 aliphatic rings. The number of rotatable bonds is 8. The first-order chi connectivity index (χ1) is 8.67. The summed E-state index contributed by atoms with van der Waals surface area (Å²) in [6, 6.07) is 6.50. The van der Waals surface area contributed by atoms with Crippen LogP contribution in [0.1, 0.15) is 24.5 Å². The minimum atomic E-state index is 0.735. The minimum absolute atomic E-state index is 0.735. The molecular weight excluding hydrogens is 288 g/mol. The van der Waals surface area contributed by atoms with Gasteiger partial charge in [-0.1, -0.05) is 35.3 Å². The highest BCUT2D eigenvalue weighted by Crippen LogP contribution is 2.16. The number of benzene rings is 1. The Hall–Kier alpha value is -0.380. The second-order valence-electron chi connectivity index (χ2n) is 4.86. The van der Waals surface area contributed by atoms with Gasteiger partial charge in [-0.2, -0.15) is 0 Å². The molecule has 18 heavy (non-hydrogen) atoms. The molecule has 1 aromatic carbocycles. The topological polar surface area (TPSA) is 24.1 Å². The number of hydrogen-bond donors (Lipinski definition) is 2. The lowest BCUT2D eigenvalue weighted by atomic mass is 10.0. The predicted molar refractivity (Wildman–Crippen MR) is 83.2 cm³/mol. The van der Waals surface area contributed by atoms with Gasteiger partial charge in [-0.25, -0.2) is 0 Å². The average Bonchev–Trinajstić information content (AvgIpc) is 2.37. The monoisotopic (exact) mass is 312 g/mol. The smallest absolute Gasteiger partial charge is 0.0178 e. The van der Waals surface area contributed by atoms with Crippen LogP contribution in [0.4, 0.5) is 0 Å². The summed E-state index contributed by atoms with van der Waals surface area (Å²) in [5.74, 6) is 0.735. The normalized spacial score (nSPS) is 12.7. The van der Waals surface area contributed by atoms with E-state index in [1.807, 2.05) is 7.05 Å². The zero-order valence-electron chi connectivity index (χ0n) is 11.7. The van der Waals surface area contributed by atoms with E-state index in [-0.39, 0.29) is 0 Å². The summed E-state index contributed by atoms with van der Waals surface area (Å²) in [5.41, 5.74) is 2.81. The first-order valence-corrected chi connectivity index (χ1v) is 7.57. The zero-order valence-corrected chi connectivity index (χ0v) is 13.3. The van der Waals surface area contributed by atoms with E-state index in [9.17, 15) is 0 Å². The van der Waals surface area contributed by atoms with Gasteiger partial charge in [0.1, 0.15) is 0 Å². The van der Waals surface area contributed by atoms with Gasteiger partial charge in [0.2, 0.25) is 0 Å². The first-order valence-electron chi connectivity index (χ1n) is 6.77. The molecule has 0 radical (unpaired) electrons. The molecule has 1 atom stereocenters. The Bertz CT molecular complexity index is 352. The van der Waals surface area contributed by atoms with Crippen molar-refractivity contribution in [3.63, 3.8) is 0 Å². The van der Waals surface area contributed by atoms with Gasteiger partial charge in [0.15, 0.2) is 0 Å². The van der Waals surface area contributed by atoms with E-state index in [1.54, 1.807) is 0 Å². The van der Waals surface area contributed by atoms with Gasteiger partial charge in [0.25, 0.3) is 0 Å². The second kappa shape index (κ2) is 8.68. The van der Waals surface area contributed by atoms with E-state index in [1.165, 1.54) is 22.0 Å². The van der Waals surface area contributed by atoms with E-state index < -0.39 is 0 Å². The maximum atomic E-state index is 3.56. The van der Waals surface area contributed by atoms with Gasteiger partial charge in [-0.15, -0.1) is 0 Å². The standard InChI is InChI=1S/C15H25BrN2/c1-4-13(10-17-3)11-18-8-7-14-9-15(16)6-5-12(14)2/h5-6,9,13,17-18H,4,7-8,10-11H2,1-3H3. The van der Waals surface area contributed by atoms with Gasteiger partial charge in [-0.05, 0) is 69.2 Å². The molecular formula is C15H25BrN2. The maximum Gasteiger partial charge on any atom is 0.0178 e. The molecule has 0 saturated heterocycles. The van der Waals surface area contributed by atoms with Crippen LogP contribution in [0.2, 0.25) is 0 Å². The Morgan fingerprint density at radius 3 is 2.72 bits per heavy atom. The second-order valence-corrected chi connectivity index (χ2v) is 5.77. The SMILES string of the molecule is CCC(CNC)CNCCc1cc(Br)ccc1C. The summed E-state index contributed by atoms with van der Waals surface area (Å²) in [7, 11) is 2.02. The Morgan fingerprint density at radius 2 is 2.06 bits per heavy atom. The summed E-state index contributed by atoms with van der Waals surface area (Å²) >= 11 is 3.53. The van der Waals surface area contributed by atoms with Crippen molar-refractivity contribution in [2.24, 2.45) is 5.92 Å². The fraction of sp³-hybridized carbons (Fsp3) is 0.600. The Labute approximate surface area is 120 Å². The quantitative estimate of drug-likeness (QED) is 0.721. The highest BCUT2D eigenvalue weighted by atomic mass is 79.9. The van der Waals surface area contributed by atoms with Gasteiger partial charge in [0.05, 0.1) is 0 Å². The number of aryl methyl sites for hydroxylation is 1. The zero-order chi connectivity index (χ0) is 13.4. The van der Waals surface area contributed by atoms with Crippen LogP contribution in [0.15, 0.2) is 22.7 Å². The van der Waals surface area contributed by atoms with Crippen molar-refractivity contribution in [2.45, 2.75) is 26.7 Å². The lowest BCUT2D eigenvalue weighted by Crippen LogP contribution is -2.30. The third kappa shape index (κ3) is 5.51. The van der Waals surface area contributed by atoms with Gasteiger partial charge < -0.3 is 10.6 Å². The molecule has 1 aromatic rings. The van der Waals surface area contributed by atoms with Crippen LogP contribution in [0, 0.1) is 12.8 Å². The van der Waals surface area contributed by atoms with Crippen molar-refractivity contribution < 1.29 is 0 Å². The minimum Gasteiger partial charge on any atom is -0.319 e. The number of hydrogen-bond acceptors (Lipinski definition) is 2. The molecule has 0 aromatic heterocycles. The molecule has 0 heterocycles. The van der Waals surface area contributed by atoms with Crippen molar-refractivity contribution in [2.75, 3.05) is 26.7 Å². The van der Waals surface area contributed by atoms with Crippen LogP contribution < -0.4 is 10.6 Å². The molecule has 1 unspecified atom stereocenters. The molecule has 0 saturated carbocycles. The fourth-order valence-electron chi connectivity index (χ4n) is 2.09. The van der Waals surface area contributed by atoms with E-state index in [2.05, 4.69) is 58.6 Å². The third-order valence-corrected chi connectivity index (χ3v) is 3.88. The van der Waals surface area contributed by atoms with E-state index in [0.717, 1.165) is 32.0 Å². The van der Waals surface area contributed by atoms with Crippen molar-refractivity contribution in [3.8, 4) is 0 Å². The highest BCUT2D eigenvalue weighted by molar-refractivity contribution is 9.10. The molecule has 2 nitrogen and oxygen atoms in total. The van der Waals surface area contributed by atoms with Crippen LogP contribution in [-0.2, 0) is 6.42 Å². The van der Waals surface area contributed by atoms with Crippen molar-refractivity contribution >= 4 is 15.9 Å². The molecule has 0 spiro atoms. The lowest BCUT2D eigenvalue weighted by Gasteiger charge is -2.15. The summed E-state index contributed by atoms with van der Waals surface area (Å²) in [6.45, 7) is 7.68. The molecule has 0 aliphatic heterocycles. The van der Waals surface area contributed by atoms with Gasteiger partial charge in [-0.3, -0.25) is 0 Å². The summed E-state index contributed by atoms with van der Waals surface area (Å²) in [5, 5.41) is 6.81. The molecule has 3 heteroatoms. The molecule has 1 rings (SSSR count). The molecule has 0 amide bonds. The van der Waals surface area contributed by atoms with Crippen LogP contribution in [0.25, 0.3) is 0 Å². The van der Waals surface area contributed by atoms with Crippen molar-refractivity contribution in [1.29, 1.82) is 0 Å². The van der Waals surface area contributed by atoms with E-state index in [4.69, 9.17) is 0 Å². The Balaban J connectivity index is 2.31. The average molecular weight is 313 g/mol. The summed E-state index contributed by atoms with van der Waals surface area (Å²) < 4.78 is 1.17. The van der Waals surface area contributed by atoms with E-state index >= 15 is 0 Å².